The third kappa shape index (κ3) is 5.06. The number of likely N-dealkylation sites (N-methyl/N-ethyl adjacent to an activating group) is 1. The molecule has 0 aliphatic heterocycles. The van der Waals surface area contributed by atoms with Crippen molar-refractivity contribution in [2.45, 2.75) is 52.7 Å². The highest BCUT2D eigenvalue weighted by Crippen LogP contribution is 2.16. The summed E-state index contributed by atoms with van der Waals surface area (Å²) < 4.78 is 5.12. The normalized spacial score (nSPS) is 14.9. The molecule has 0 N–H and O–H groups in total. The molecule has 100 valence electrons. The number of carboxylic acid groups (broad SMARTS) is 1. The van der Waals surface area contributed by atoms with Crippen LogP contribution in [0.3, 0.4) is 0 Å². The molecule has 5 heteroatoms. The molecular formula is C12H22NO4-. The van der Waals surface area contributed by atoms with Crippen molar-refractivity contribution in [2.75, 3.05) is 7.05 Å². The maximum Gasteiger partial charge on any atom is 0.410 e. The highest BCUT2D eigenvalue weighted by molar-refractivity contribution is 5.78. The molecule has 0 bridgehead atoms. The largest absolute Gasteiger partial charge is 0.548 e. The summed E-state index contributed by atoms with van der Waals surface area (Å²) in [5.74, 6) is -1.44. The third-order valence-corrected chi connectivity index (χ3v) is 2.52. The molecule has 0 aliphatic rings. The van der Waals surface area contributed by atoms with Gasteiger partial charge < -0.3 is 19.5 Å². The summed E-state index contributed by atoms with van der Waals surface area (Å²) in [5, 5.41) is 11.1. The Kier molecular flexibility index (Phi) is 5.45. The Bertz CT molecular complexity index is 283. The number of hydrogen-bond acceptors (Lipinski definition) is 4. The Morgan fingerprint density at radius 2 is 1.82 bits per heavy atom. The van der Waals surface area contributed by atoms with Crippen LogP contribution in [0.25, 0.3) is 0 Å². The summed E-state index contributed by atoms with van der Waals surface area (Å²) in [6.45, 7) is 8.83. The second-order valence-electron chi connectivity index (χ2n) is 5.24. The second kappa shape index (κ2) is 5.89. The topological polar surface area (TPSA) is 69.7 Å². The van der Waals surface area contributed by atoms with E-state index in [1.54, 1.807) is 27.7 Å². The smallest absolute Gasteiger partial charge is 0.410 e. The summed E-state index contributed by atoms with van der Waals surface area (Å²) in [6.07, 6.45) is -0.00167. The van der Waals surface area contributed by atoms with E-state index in [0.29, 0.717) is 6.42 Å². The van der Waals surface area contributed by atoms with Gasteiger partial charge >= 0.3 is 6.09 Å². The van der Waals surface area contributed by atoms with Gasteiger partial charge in [0.25, 0.3) is 0 Å². The van der Waals surface area contributed by atoms with E-state index < -0.39 is 23.7 Å². The molecule has 0 spiro atoms. The van der Waals surface area contributed by atoms with E-state index in [4.69, 9.17) is 4.74 Å². The van der Waals surface area contributed by atoms with E-state index in [-0.39, 0.29) is 5.92 Å². The molecular weight excluding hydrogens is 222 g/mol. The Balaban J connectivity index is 4.79. The molecule has 0 saturated carbocycles. The molecule has 2 atom stereocenters. The fourth-order valence-electron chi connectivity index (χ4n) is 1.44. The average Bonchev–Trinajstić information content (AvgIpc) is 2.14. The molecule has 5 nitrogen and oxygen atoms in total. The van der Waals surface area contributed by atoms with Crippen LogP contribution < -0.4 is 5.11 Å². The van der Waals surface area contributed by atoms with Crippen molar-refractivity contribution in [1.82, 2.24) is 4.90 Å². The Morgan fingerprint density at radius 1 is 1.35 bits per heavy atom. The van der Waals surface area contributed by atoms with Crippen molar-refractivity contribution in [3.8, 4) is 0 Å². The molecule has 1 amide bonds. The van der Waals surface area contributed by atoms with Crippen LogP contribution in [0.1, 0.15) is 41.0 Å². The van der Waals surface area contributed by atoms with Crippen LogP contribution in [0.4, 0.5) is 4.79 Å². The summed E-state index contributed by atoms with van der Waals surface area (Å²) in [5.41, 5.74) is -0.642. The first-order valence-electron chi connectivity index (χ1n) is 5.76. The van der Waals surface area contributed by atoms with Crippen LogP contribution in [-0.4, -0.2) is 35.7 Å². The maximum absolute atomic E-state index is 11.7. The van der Waals surface area contributed by atoms with Crippen molar-refractivity contribution in [1.29, 1.82) is 0 Å². The number of amides is 1. The van der Waals surface area contributed by atoms with Crippen LogP contribution in [0.5, 0.6) is 0 Å². The van der Waals surface area contributed by atoms with Crippen LogP contribution in [0, 0.1) is 5.92 Å². The second-order valence-corrected chi connectivity index (χ2v) is 5.24. The molecule has 17 heavy (non-hydrogen) atoms. The van der Waals surface area contributed by atoms with Gasteiger partial charge in [-0.15, -0.1) is 0 Å². The SMILES string of the molecule is CCC(C)C(C(=O)[O-])N(C)C(=O)OC(C)(C)C. The van der Waals surface area contributed by atoms with Gasteiger partial charge in [-0.1, -0.05) is 20.3 Å². The number of carboxylic acids is 1. The molecule has 0 aromatic carbocycles. The lowest BCUT2D eigenvalue weighted by Crippen LogP contribution is -2.53. The number of hydrogen-bond donors (Lipinski definition) is 0. The van der Waals surface area contributed by atoms with Crippen molar-refractivity contribution >= 4 is 12.1 Å². The molecule has 0 rings (SSSR count). The minimum absolute atomic E-state index is 0.183. The zero-order valence-electron chi connectivity index (χ0n) is 11.4. The molecule has 0 radical (unpaired) electrons. The Labute approximate surface area is 103 Å². The molecule has 0 aromatic heterocycles. The number of rotatable bonds is 4. The first-order chi connectivity index (χ1) is 7.60. The zero-order valence-corrected chi connectivity index (χ0v) is 11.4. The number of carbonyl (C=O) groups excluding carboxylic acids is 2. The lowest BCUT2D eigenvalue weighted by molar-refractivity contribution is -0.312. The van der Waals surface area contributed by atoms with Crippen LogP contribution in [0.15, 0.2) is 0 Å². The predicted octanol–water partition coefficient (Wildman–Crippen LogP) is 1.02. The van der Waals surface area contributed by atoms with E-state index in [1.165, 1.54) is 7.05 Å². The van der Waals surface area contributed by atoms with E-state index in [0.717, 1.165) is 4.90 Å². The number of aliphatic carboxylic acids is 1. The van der Waals surface area contributed by atoms with Crippen LogP contribution in [0.2, 0.25) is 0 Å². The van der Waals surface area contributed by atoms with Crippen molar-refractivity contribution in [2.24, 2.45) is 5.92 Å². The summed E-state index contributed by atoms with van der Waals surface area (Å²) >= 11 is 0. The molecule has 0 heterocycles. The fourth-order valence-corrected chi connectivity index (χ4v) is 1.44. The van der Waals surface area contributed by atoms with Crippen molar-refractivity contribution in [3.63, 3.8) is 0 Å². The molecule has 0 aromatic rings. The summed E-state index contributed by atoms with van der Waals surface area (Å²) in [6, 6.07) is -0.963. The average molecular weight is 244 g/mol. The lowest BCUT2D eigenvalue weighted by atomic mass is 9.98. The minimum atomic E-state index is -1.26. The van der Waals surface area contributed by atoms with E-state index in [2.05, 4.69) is 0 Å². The van der Waals surface area contributed by atoms with Crippen molar-refractivity contribution in [3.05, 3.63) is 0 Å². The van der Waals surface area contributed by atoms with E-state index in [9.17, 15) is 14.7 Å². The van der Waals surface area contributed by atoms with Crippen LogP contribution >= 0.6 is 0 Å². The molecule has 2 unspecified atom stereocenters. The van der Waals surface area contributed by atoms with Gasteiger partial charge in [-0.2, -0.15) is 0 Å². The molecule has 0 aliphatic carbocycles. The van der Waals surface area contributed by atoms with E-state index >= 15 is 0 Å². The zero-order chi connectivity index (χ0) is 13.8. The van der Waals surface area contributed by atoms with Crippen molar-refractivity contribution < 1.29 is 19.4 Å². The quantitative estimate of drug-likeness (QED) is 0.740. The number of carbonyl (C=O) groups is 2. The number of ether oxygens (including phenoxy) is 1. The van der Waals surface area contributed by atoms with Gasteiger partial charge in [-0.25, -0.2) is 4.79 Å². The van der Waals surface area contributed by atoms with E-state index in [1.807, 2.05) is 6.92 Å². The minimum Gasteiger partial charge on any atom is -0.548 e. The van der Waals surface area contributed by atoms with Crippen LogP contribution in [-0.2, 0) is 9.53 Å². The summed E-state index contributed by atoms with van der Waals surface area (Å²) in [7, 11) is 1.42. The standard InChI is InChI=1S/C12H23NO4/c1-7-8(2)9(10(14)15)13(6)11(16)17-12(3,4)5/h8-9H,7H2,1-6H3,(H,14,15)/p-1. The first-order valence-corrected chi connectivity index (χ1v) is 5.76. The Morgan fingerprint density at radius 3 is 2.12 bits per heavy atom. The summed E-state index contributed by atoms with van der Waals surface area (Å²) in [4.78, 5) is 23.9. The lowest BCUT2D eigenvalue weighted by Gasteiger charge is -2.34. The predicted molar refractivity (Wildman–Crippen MR) is 62.2 cm³/mol. The van der Waals surface area contributed by atoms with Gasteiger partial charge in [-0.05, 0) is 26.7 Å². The third-order valence-electron chi connectivity index (χ3n) is 2.52. The van der Waals surface area contributed by atoms with Gasteiger partial charge in [0.05, 0.1) is 12.0 Å². The number of nitrogens with zero attached hydrogens (tertiary/aromatic N) is 1. The maximum atomic E-state index is 11.7. The first kappa shape index (κ1) is 15.7. The highest BCUT2D eigenvalue weighted by atomic mass is 16.6. The van der Waals surface area contributed by atoms with Gasteiger partial charge in [0.15, 0.2) is 0 Å². The monoisotopic (exact) mass is 244 g/mol. The molecule has 0 saturated heterocycles. The van der Waals surface area contributed by atoms with Gasteiger partial charge in [0, 0.05) is 7.05 Å². The van der Waals surface area contributed by atoms with Gasteiger partial charge in [0.1, 0.15) is 5.60 Å². The van der Waals surface area contributed by atoms with Gasteiger partial charge in [0.2, 0.25) is 0 Å². The Hall–Kier alpha value is -1.26. The fraction of sp³-hybridized carbons (Fsp3) is 0.833. The van der Waals surface area contributed by atoms with Gasteiger partial charge in [-0.3, -0.25) is 0 Å². The highest BCUT2D eigenvalue weighted by Gasteiger charge is 2.29. The molecule has 0 fully saturated rings.